The summed E-state index contributed by atoms with van der Waals surface area (Å²) in [5.74, 6) is -0.413. The van der Waals surface area contributed by atoms with Gasteiger partial charge in [-0.05, 0) is 47.4 Å². The molecule has 0 aromatic heterocycles. The summed E-state index contributed by atoms with van der Waals surface area (Å²) in [6.45, 7) is 24.5. The van der Waals surface area contributed by atoms with Crippen molar-refractivity contribution in [1.29, 1.82) is 0 Å². The van der Waals surface area contributed by atoms with Gasteiger partial charge in [0.05, 0.1) is 19.3 Å². The number of hydrogen-bond donors (Lipinski definition) is 0. The van der Waals surface area contributed by atoms with Crippen LogP contribution in [0.3, 0.4) is 0 Å². The molecule has 2 aromatic rings. The summed E-state index contributed by atoms with van der Waals surface area (Å²) in [5.41, 5.74) is 0.575. The van der Waals surface area contributed by atoms with E-state index in [2.05, 4.69) is 122 Å². The molecule has 0 amide bonds. The molecule has 5 nitrogen and oxygen atoms in total. The molecule has 41 heavy (non-hydrogen) atoms. The summed E-state index contributed by atoms with van der Waals surface area (Å²) in [5, 5.41) is 2.29. The predicted molar refractivity (Wildman–Crippen MR) is 176 cm³/mol. The first-order valence-electron chi connectivity index (χ1n) is 14.8. The monoisotopic (exact) mass is 598 g/mol. The minimum absolute atomic E-state index is 0.00200. The second-order valence-electron chi connectivity index (χ2n) is 13.5. The van der Waals surface area contributed by atoms with Gasteiger partial charge in [-0.1, -0.05) is 115 Å². The molecule has 0 aliphatic carbocycles. The lowest BCUT2D eigenvalue weighted by Crippen LogP contribution is -2.67. The number of rotatable bonds is 13. The Balaban J connectivity index is 2.61. The number of methoxy groups -OCH3 is 1. The van der Waals surface area contributed by atoms with Crippen LogP contribution in [0.25, 0.3) is 0 Å². The Kier molecular flexibility index (Phi) is 12.4. The number of ether oxygens (including phenoxy) is 2. The van der Waals surface area contributed by atoms with Crippen LogP contribution in [0, 0.1) is 5.92 Å². The molecule has 0 heterocycles. The van der Waals surface area contributed by atoms with Gasteiger partial charge in [0.25, 0.3) is 8.32 Å². The van der Waals surface area contributed by atoms with Crippen molar-refractivity contribution in [3.05, 3.63) is 72.3 Å². The molecular formula is C34H54O5Si2. The first-order valence-corrected chi connectivity index (χ1v) is 19.6. The normalized spacial score (nSPS) is 15.8. The molecule has 0 aliphatic heterocycles. The molecule has 0 spiro atoms. The third kappa shape index (κ3) is 8.51. The zero-order valence-electron chi connectivity index (χ0n) is 27.5. The van der Waals surface area contributed by atoms with E-state index in [0.29, 0.717) is 18.8 Å². The van der Waals surface area contributed by atoms with Gasteiger partial charge in [0.15, 0.2) is 8.32 Å². The fourth-order valence-electron chi connectivity index (χ4n) is 5.11. The van der Waals surface area contributed by atoms with E-state index in [-0.39, 0.29) is 34.2 Å². The lowest BCUT2D eigenvalue weighted by atomic mass is 9.97. The van der Waals surface area contributed by atoms with Crippen LogP contribution in [0.15, 0.2) is 72.3 Å². The maximum atomic E-state index is 12.5. The molecule has 2 rings (SSSR count). The highest BCUT2D eigenvalue weighted by molar-refractivity contribution is 6.99. The molecular weight excluding hydrogens is 545 g/mol. The Morgan fingerprint density at radius 2 is 1.37 bits per heavy atom. The molecule has 0 bridgehead atoms. The van der Waals surface area contributed by atoms with Crippen molar-refractivity contribution < 1.29 is 23.1 Å². The van der Waals surface area contributed by atoms with E-state index in [1.165, 1.54) is 10.4 Å². The minimum Gasteiger partial charge on any atom is -0.463 e. The van der Waals surface area contributed by atoms with Gasteiger partial charge in [-0.25, -0.2) is 4.79 Å². The van der Waals surface area contributed by atoms with E-state index in [4.69, 9.17) is 18.3 Å². The third-order valence-electron chi connectivity index (χ3n) is 8.42. The Morgan fingerprint density at radius 1 is 0.878 bits per heavy atom. The fraction of sp³-hybridized carbons (Fsp3) is 0.559. The summed E-state index contributed by atoms with van der Waals surface area (Å²) in [7, 11) is -3.26. The van der Waals surface area contributed by atoms with E-state index >= 15 is 0 Å². The average molecular weight is 599 g/mol. The number of esters is 1. The number of carbonyl (C=O) groups is 1. The average Bonchev–Trinajstić information content (AvgIpc) is 2.90. The molecule has 2 aromatic carbocycles. The molecule has 0 unspecified atom stereocenters. The quantitative estimate of drug-likeness (QED) is 0.140. The highest BCUT2D eigenvalue weighted by Crippen LogP contribution is 2.40. The summed E-state index contributed by atoms with van der Waals surface area (Å²) in [6.07, 6.45) is 1.29. The van der Waals surface area contributed by atoms with Crippen LogP contribution in [-0.2, 0) is 23.1 Å². The summed E-state index contributed by atoms with van der Waals surface area (Å²) < 4.78 is 25.8. The Labute approximate surface area is 251 Å². The van der Waals surface area contributed by atoms with Gasteiger partial charge in [-0.15, -0.1) is 0 Å². The van der Waals surface area contributed by atoms with Crippen molar-refractivity contribution in [2.75, 3.05) is 20.3 Å². The van der Waals surface area contributed by atoms with Crippen LogP contribution >= 0.6 is 0 Å². The van der Waals surface area contributed by atoms with Gasteiger partial charge in [-0.2, -0.15) is 0 Å². The van der Waals surface area contributed by atoms with Crippen LogP contribution < -0.4 is 10.4 Å². The van der Waals surface area contributed by atoms with Crippen LogP contribution in [0.5, 0.6) is 0 Å². The summed E-state index contributed by atoms with van der Waals surface area (Å²) >= 11 is 0. The topological polar surface area (TPSA) is 54.0 Å². The van der Waals surface area contributed by atoms with Gasteiger partial charge < -0.3 is 18.3 Å². The van der Waals surface area contributed by atoms with Crippen LogP contribution in [-0.4, -0.2) is 55.1 Å². The largest absolute Gasteiger partial charge is 0.463 e. The highest BCUT2D eigenvalue weighted by atomic mass is 28.4. The van der Waals surface area contributed by atoms with E-state index in [1.54, 1.807) is 14.0 Å². The van der Waals surface area contributed by atoms with E-state index in [1.807, 2.05) is 13.0 Å². The maximum Gasteiger partial charge on any atom is 0.333 e. The second kappa shape index (κ2) is 14.4. The molecule has 0 saturated heterocycles. The Morgan fingerprint density at radius 3 is 1.76 bits per heavy atom. The maximum absolute atomic E-state index is 12.5. The summed E-state index contributed by atoms with van der Waals surface area (Å²) in [6, 6.07) is 21.3. The standard InChI is InChI=1S/C34H54O5Si2/c1-13-37-32(35)27(3)24-26(2)31(39-40(11,12)33(4,5)6)30(36-10)25-38-41(34(7,8)9,28-20-16-14-17-21-28)29-22-18-15-19-23-29/h14-24,26,30-31H,13,25H2,1-12H3/b27-24-/t26-,30+,31+/m1/s1. The molecule has 0 N–H and O–H groups in total. The molecule has 7 heteroatoms. The fourth-order valence-corrected chi connectivity index (χ4v) is 11.1. The lowest BCUT2D eigenvalue weighted by molar-refractivity contribution is -0.138. The molecule has 0 saturated carbocycles. The van der Waals surface area contributed by atoms with Crippen molar-refractivity contribution in [1.82, 2.24) is 0 Å². The highest BCUT2D eigenvalue weighted by Gasteiger charge is 2.51. The van der Waals surface area contributed by atoms with Gasteiger partial charge in [0.1, 0.15) is 6.10 Å². The Hall–Kier alpha value is -2.04. The first kappa shape index (κ1) is 35.2. The van der Waals surface area contributed by atoms with Crippen LogP contribution in [0.1, 0.15) is 62.3 Å². The Bertz CT molecular complexity index is 1080. The zero-order chi connectivity index (χ0) is 31.1. The lowest BCUT2D eigenvalue weighted by Gasteiger charge is -2.46. The second-order valence-corrected chi connectivity index (χ2v) is 22.6. The van der Waals surface area contributed by atoms with E-state index in [0.717, 1.165) is 0 Å². The van der Waals surface area contributed by atoms with Crippen molar-refractivity contribution >= 4 is 33.0 Å². The van der Waals surface area contributed by atoms with E-state index in [9.17, 15) is 4.79 Å². The van der Waals surface area contributed by atoms with Gasteiger partial charge in [-0.3, -0.25) is 0 Å². The van der Waals surface area contributed by atoms with Crippen molar-refractivity contribution in [2.24, 2.45) is 5.92 Å². The molecule has 228 valence electrons. The van der Waals surface area contributed by atoms with Gasteiger partial charge in [0.2, 0.25) is 0 Å². The molecule has 0 radical (unpaired) electrons. The summed E-state index contributed by atoms with van der Waals surface area (Å²) in [4.78, 5) is 12.5. The van der Waals surface area contributed by atoms with E-state index < -0.39 is 16.6 Å². The smallest absolute Gasteiger partial charge is 0.333 e. The predicted octanol–water partition coefficient (Wildman–Crippen LogP) is 7.11. The SMILES string of the molecule is CCOC(=O)/C(C)=C\[C@@H](C)[C@H](O[Si](C)(C)C(C)(C)C)[C@H](CO[Si](c1ccccc1)(c1ccccc1)C(C)(C)C)OC. The number of carbonyl (C=O) groups excluding carboxylic acids is 1. The van der Waals surface area contributed by atoms with Crippen LogP contribution in [0.2, 0.25) is 23.2 Å². The van der Waals surface area contributed by atoms with Crippen molar-refractivity contribution in [3.8, 4) is 0 Å². The van der Waals surface area contributed by atoms with Gasteiger partial charge >= 0.3 is 5.97 Å². The van der Waals surface area contributed by atoms with Crippen molar-refractivity contribution in [3.63, 3.8) is 0 Å². The first-order chi connectivity index (χ1) is 19.0. The third-order valence-corrected chi connectivity index (χ3v) is 17.9. The number of hydrogen-bond acceptors (Lipinski definition) is 5. The zero-order valence-corrected chi connectivity index (χ0v) is 29.5. The van der Waals surface area contributed by atoms with Crippen molar-refractivity contribution in [2.45, 2.75) is 97.7 Å². The number of benzene rings is 2. The van der Waals surface area contributed by atoms with Gasteiger partial charge in [0, 0.05) is 18.6 Å². The molecule has 0 fully saturated rings. The van der Waals surface area contributed by atoms with Crippen LogP contribution in [0.4, 0.5) is 0 Å². The molecule has 0 aliphatic rings. The molecule has 3 atom stereocenters. The minimum atomic E-state index is -2.78.